The zero-order valence-electron chi connectivity index (χ0n) is 14.5. The Labute approximate surface area is 138 Å². The van der Waals surface area contributed by atoms with Crippen molar-refractivity contribution in [3.8, 4) is 5.75 Å². The highest BCUT2D eigenvalue weighted by molar-refractivity contribution is 6.62. The monoisotopic (exact) mass is 320 g/mol. The van der Waals surface area contributed by atoms with Crippen LogP contribution in [-0.4, -0.2) is 45.3 Å². The van der Waals surface area contributed by atoms with E-state index in [0.717, 1.165) is 16.8 Å². The molecule has 1 unspecified atom stereocenters. The van der Waals surface area contributed by atoms with Crippen LogP contribution in [0, 0.1) is 0 Å². The second kappa shape index (κ2) is 6.09. The molecule has 1 aromatic carbocycles. The van der Waals surface area contributed by atoms with Crippen molar-refractivity contribution in [1.82, 2.24) is 0 Å². The Bertz CT molecular complexity index is 550. The smallest absolute Gasteiger partial charge is 0.494 e. The third kappa shape index (κ3) is 3.26. The summed E-state index contributed by atoms with van der Waals surface area (Å²) in [6.07, 6.45) is -0.0833. The van der Waals surface area contributed by atoms with Crippen molar-refractivity contribution in [2.24, 2.45) is 0 Å². The molecule has 0 spiro atoms. The van der Waals surface area contributed by atoms with E-state index in [-0.39, 0.29) is 17.3 Å². The first-order valence-electron chi connectivity index (χ1n) is 8.06. The first-order chi connectivity index (χ1) is 10.8. The van der Waals surface area contributed by atoms with Crippen LogP contribution in [0.4, 0.5) is 0 Å². The third-order valence-electron chi connectivity index (χ3n) is 4.90. The van der Waals surface area contributed by atoms with Gasteiger partial charge in [-0.15, -0.1) is 0 Å². The van der Waals surface area contributed by atoms with Crippen molar-refractivity contribution in [1.29, 1.82) is 0 Å². The second-order valence-corrected chi connectivity index (χ2v) is 7.06. The molecule has 2 heterocycles. The number of methoxy groups -OCH3 is 1. The molecule has 5 nitrogen and oxygen atoms in total. The number of ether oxygens (including phenoxy) is 3. The van der Waals surface area contributed by atoms with E-state index < -0.39 is 7.12 Å². The van der Waals surface area contributed by atoms with Gasteiger partial charge in [-0.1, -0.05) is 6.07 Å². The normalized spacial score (nSPS) is 26.3. The van der Waals surface area contributed by atoms with Crippen LogP contribution in [0.15, 0.2) is 18.2 Å². The molecule has 0 aliphatic carbocycles. The van der Waals surface area contributed by atoms with Gasteiger partial charge >= 0.3 is 7.12 Å². The van der Waals surface area contributed by atoms with Gasteiger partial charge in [0.15, 0.2) is 0 Å². The minimum absolute atomic E-state index is 0.0833. The molecule has 6 heteroatoms. The van der Waals surface area contributed by atoms with E-state index in [1.807, 2.05) is 39.8 Å². The van der Waals surface area contributed by atoms with Crippen LogP contribution < -0.4 is 10.2 Å². The lowest BCUT2D eigenvalue weighted by molar-refractivity contribution is -0.0901. The van der Waals surface area contributed by atoms with Crippen LogP contribution in [-0.2, 0) is 18.8 Å². The van der Waals surface area contributed by atoms with Crippen LogP contribution in [0.25, 0.3) is 0 Å². The molecule has 0 radical (unpaired) electrons. The maximum Gasteiger partial charge on any atom is 0.494 e. The van der Waals surface area contributed by atoms with Crippen molar-refractivity contribution in [3.05, 3.63) is 23.8 Å². The molecule has 1 atom stereocenters. The van der Waals surface area contributed by atoms with Gasteiger partial charge in [-0.2, -0.15) is 0 Å². The van der Waals surface area contributed by atoms with Crippen LogP contribution >= 0.6 is 0 Å². The van der Waals surface area contributed by atoms with Gasteiger partial charge in [0.25, 0.3) is 0 Å². The highest BCUT2D eigenvalue weighted by atomic mass is 16.7. The molecule has 0 bridgehead atoms. The minimum Gasteiger partial charge on any atom is -0.497 e. The SMILES string of the molecule is COc1cc(B2OC(C)(C)C(C)(C)O2)cc(C2COCCO2)c1. The summed E-state index contributed by atoms with van der Waals surface area (Å²) in [5.41, 5.74) is 1.22. The average Bonchev–Trinajstić information content (AvgIpc) is 2.76. The summed E-state index contributed by atoms with van der Waals surface area (Å²) < 4.78 is 29.0. The van der Waals surface area contributed by atoms with Gasteiger partial charge in [-0.05, 0) is 50.9 Å². The van der Waals surface area contributed by atoms with Crippen LogP contribution in [0.3, 0.4) is 0 Å². The molecule has 2 saturated heterocycles. The fourth-order valence-electron chi connectivity index (χ4n) is 2.75. The van der Waals surface area contributed by atoms with E-state index >= 15 is 0 Å². The third-order valence-corrected chi connectivity index (χ3v) is 4.90. The summed E-state index contributed by atoms with van der Waals surface area (Å²) in [4.78, 5) is 0. The summed E-state index contributed by atoms with van der Waals surface area (Å²) in [7, 11) is 1.24. The molecule has 0 N–H and O–H groups in total. The summed E-state index contributed by atoms with van der Waals surface area (Å²) in [6.45, 7) is 9.99. The lowest BCUT2D eigenvalue weighted by atomic mass is 9.78. The van der Waals surface area contributed by atoms with Gasteiger partial charge in [0.2, 0.25) is 0 Å². The quantitative estimate of drug-likeness (QED) is 0.798. The largest absolute Gasteiger partial charge is 0.497 e. The van der Waals surface area contributed by atoms with Gasteiger partial charge in [0.1, 0.15) is 11.9 Å². The molecule has 2 fully saturated rings. The van der Waals surface area contributed by atoms with E-state index in [4.69, 9.17) is 23.5 Å². The Morgan fingerprint density at radius 2 is 1.74 bits per heavy atom. The first-order valence-corrected chi connectivity index (χ1v) is 8.06. The Hall–Kier alpha value is -1.08. The lowest BCUT2D eigenvalue weighted by Crippen LogP contribution is -2.41. The second-order valence-electron chi connectivity index (χ2n) is 7.06. The van der Waals surface area contributed by atoms with Crippen LogP contribution in [0.2, 0.25) is 0 Å². The number of benzene rings is 1. The minimum atomic E-state index is -0.418. The predicted octanol–water partition coefficient (Wildman–Crippen LogP) is 2.08. The average molecular weight is 320 g/mol. The summed E-state index contributed by atoms with van der Waals surface area (Å²) in [5, 5.41) is 0. The standard InChI is InChI=1S/C17H25BO5/c1-16(2)17(3,4)23-18(22-16)13-8-12(9-14(10-13)19-5)15-11-20-6-7-21-15/h8-10,15H,6-7,11H2,1-5H3. The van der Waals surface area contributed by atoms with Gasteiger partial charge in [-0.3, -0.25) is 0 Å². The topological polar surface area (TPSA) is 46.2 Å². The van der Waals surface area contributed by atoms with Gasteiger partial charge in [-0.25, -0.2) is 0 Å². The summed E-state index contributed by atoms with van der Waals surface area (Å²) in [5.74, 6) is 0.765. The number of hydrogen-bond acceptors (Lipinski definition) is 5. The summed E-state index contributed by atoms with van der Waals surface area (Å²) in [6, 6.07) is 5.99. The van der Waals surface area contributed by atoms with Gasteiger partial charge in [0.05, 0.1) is 38.1 Å². The van der Waals surface area contributed by atoms with Crippen molar-refractivity contribution < 1.29 is 23.5 Å². The number of hydrogen-bond donors (Lipinski definition) is 0. The van der Waals surface area contributed by atoms with Gasteiger partial charge in [0, 0.05) is 0 Å². The lowest BCUT2D eigenvalue weighted by Gasteiger charge is -2.32. The zero-order valence-corrected chi connectivity index (χ0v) is 14.5. The molecule has 2 aliphatic heterocycles. The molecule has 1 aromatic rings. The fourth-order valence-corrected chi connectivity index (χ4v) is 2.75. The zero-order chi connectivity index (χ0) is 16.7. The Morgan fingerprint density at radius 1 is 1.04 bits per heavy atom. The maximum absolute atomic E-state index is 6.14. The van der Waals surface area contributed by atoms with Crippen molar-refractivity contribution in [2.75, 3.05) is 26.9 Å². The molecule has 2 aliphatic rings. The van der Waals surface area contributed by atoms with E-state index in [9.17, 15) is 0 Å². The van der Waals surface area contributed by atoms with Crippen LogP contribution in [0.1, 0.15) is 39.4 Å². The molecule has 0 aromatic heterocycles. The molecule has 0 amide bonds. The Morgan fingerprint density at radius 3 is 2.30 bits per heavy atom. The molecule has 23 heavy (non-hydrogen) atoms. The van der Waals surface area contributed by atoms with Crippen molar-refractivity contribution in [2.45, 2.75) is 45.0 Å². The molecule has 0 saturated carbocycles. The predicted molar refractivity (Wildman–Crippen MR) is 88.2 cm³/mol. The van der Waals surface area contributed by atoms with Gasteiger partial charge < -0.3 is 23.5 Å². The van der Waals surface area contributed by atoms with E-state index in [0.29, 0.717) is 19.8 Å². The van der Waals surface area contributed by atoms with E-state index in [1.165, 1.54) is 0 Å². The van der Waals surface area contributed by atoms with Crippen molar-refractivity contribution >= 4 is 12.6 Å². The highest BCUT2D eigenvalue weighted by Crippen LogP contribution is 2.37. The highest BCUT2D eigenvalue weighted by Gasteiger charge is 2.51. The maximum atomic E-state index is 6.14. The molecule has 3 rings (SSSR count). The molecule has 126 valence electrons. The first kappa shape index (κ1) is 16.8. The molecular formula is C17H25BO5. The fraction of sp³-hybridized carbons (Fsp3) is 0.647. The Balaban J connectivity index is 1.90. The molecular weight excluding hydrogens is 295 g/mol. The van der Waals surface area contributed by atoms with Crippen molar-refractivity contribution in [3.63, 3.8) is 0 Å². The summed E-state index contributed by atoms with van der Waals surface area (Å²) >= 11 is 0. The van der Waals surface area contributed by atoms with E-state index in [2.05, 4.69) is 6.07 Å². The Kier molecular flexibility index (Phi) is 4.44. The van der Waals surface area contributed by atoms with E-state index in [1.54, 1.807) is 7.11 Å². The van der Waals surface area contributed by atoms with Crippen LogP contribution in [0.5, 0.6) is 5.75 Å². The number of rotatable bonds is 3.